The number of hydrogen-bond acceptors (Lipinski definition) is 5. The molecule has 3 unspecified atom stereocenters. The molecule has 7 nitrogen and oxygen atoms in total. The molecule has 2 bridgehead atoms. The van der Waals surface area contributed by atoms with Crippen LogP contribution in [0.1, 0.15) is 87.0 Å². The Bertz CT molecular complexity index is 991. The zero-order valence-corrected chi connectivity index (χ0v) is 27.5. The number of aliphatic hydroxyl groups excluding tert-OH is 1. The van der Waals surface area contributed by atoms with Crippen LogP contribution in [0.15, 0.2) is 25.3 Å². The molecule has 41 heavy (non-hydrogen) atoms. The van der Waals surface area contributed by atoms with E-state index in [-0.39, 0.29) is 40.9 Å². The van der Waals surface area contributed by atoms with Crippen LogP contribution in [-0.2, 0) is 14.4 Å². The molecule has 0 aromatic rings. The lowest BCUT2D eigenvalue weighted by Crippen LogP contribution is -2.61. The van der Waals surface area contributed by atoms with Gasteiger partial charge in [-0.2, -0.15) is 0 Å². The van der Waals surface area contributed by atoms with E-state index in [9.17, 15) is 19.5 Å². The highest BCUT2D eigenvalue weighted by Gasteiger charge is 2.76. The number of unbranched alkanes of at least 4 members (excludes halogenated alkanes) is 2. The molecule has 1 N–H and O–H groups in total. The lowest BCUT2D eigenvalue weighted by atomic mass is 9.65. The Kier molecular flexibility index (Phi) is 10.9. The fourth-order valence-corrected chi connectivity index (χ4v) is 10.5. The van der Waals surface area contributed by atoms with Gasteiger partial charge < -0.3 is 19.8 Å². The molecule has 3 amide bonds. The highest BCUT2D eigenvalue weighted by molar-refractivity contribution is 8.02. The van der Waals surface area contributed by atoms with E-state index < -0.39 is 28.2 Å². The van der Waals surface area contributed by atoms with Crippen molar-refractivity contribution in [1.29, 1.82) is 0 Å². The van der Waals surface area contributed by atoms with Gasteiger partial charge in [0.2, 0.25) is 17.7 Å². The molecule has 0 radical (unpaired) electrons. The number of nitrogens with zero attached hydrogens (tertiary/aromatic N) is 3. The molecule has 3 fully saturated rings. The molecule has 232 valence electrons. The summed E-state index contributed by atoms with van der Waals surface area (Å²) in [7, 11) is 0. The number of rotatable bonds is 15. The Labute approximate surface area is 253 Å². The van der Waals surface area contributed by atoms with Gasteiger partial charge in [-0.15, -0.1) is 24.9 Å². The smallest absolute Gasteiger partial charge is 0.247 e. The number of carbonyl (C=O) groups excluding carboxylic acids is 3. The average Bonchev–Trinajstić information content (AvgIpc) is 3.46. The normalized spacial score (nSPS) is 29.0. The first-order chi connectivity index (χ1) is 19.2. The highest BCUT2D eigenvalue weighted by Crippen LogP contribution is 2.69. The van der Waals surface area contributed by atoms with Gasteiger partial charge in [0.25, 0.3) is 0 Å². The second-order valence-corrected chi connectivity index (χ2v) is 15.8. The molecule has 3 saturated heterocycles. The number of carbonyl (C=O) groups is 3. The van der Waals surface area contributed by atoms with Crippen molar-refractivity contribution in [1.82, 2.24) is 14.7 Å². The van der Waals surface area contributed by atoms with E-state index in [0.29, 0.717) is 39.0 Å². The Morgan fingerprint density at radius 2 is 1.76 bits per heavy atom. The van der Waals surface area contributed by atoms with Gasteiger partial charge in [0.05, 0.1) is 16.6 Å². The average molecular weight is 590 g/mol. The maximum absolute atomic E-state index is 14.9. The van der Waals surface area contributed by atoms with Gasteiger partial charge in [0.15, 0.2) is 0 Å². The summed E-state index contributed by atoms with van der Waals surface area (Å²) in [6.07, 6.45) is 8.16. The first kappa shape index (κ1) is 33.7. The van der Waals surface area contributed by atoms with Crippen LogP contribution < -0.4 is 0 Å². The molecule has 3 heterocycles. The maximum atomic E-state index is 14.9. The minimum atomic E-state index is -0.639. The fraction of sp³-hybridized carbons (Fsp3) is 0.788. The van der Waals surface area contributed by atoms with Gasteiger partial charge in [0.1, 0.15) is 6.04 Å². The summed E-state index contributed by atoms with van der Waals surface area (Å²) in [5.74, 6) is -0.858. The number of fused-ring (bicyclic) bond motifs is 1. The van der Waals surface area contributed by atoms with Crippen molar-refractivity contribution in [2.45, 2.75) is 109 Å². The summed E-state index contributed by atoms with van der Waals surface area (Å²) in [6.45, 7) is 24.9. The molecule has 3 aliphatic rings. The molecule has 8 heteroatoms. The summed E-state index contributed by atoms with van der Waals surface area (Å²) in [5.41, 5.74) is -0.454. The van der Waals surface area contributed by atoms with Gasteiger partial charge >= 0.3 is 0 Å². The van der Waals surface area contributed by atoms with E-state index >= 15 is 0 Å². The van der Waals surface area contributed by atoms with Crippen LogP contribution in [0.3, 0.4) is 0 Å². The minimum Gasteiger partial charge on any atom is -0.396 e. The van der Waals surface area contributed by atoms with Crippen molar-refractivity contribution in [2.24, 2.45) is 23.2 Å². The van der Waals surface area contributed by atoms with Crippen molar-refractivity contribution in [3.8, 4) is 0 Å². The minimum absolute atomic E-state index is 0.00123. The lowest BCUT2D eigenvalue weighted by Gasteiger charge is -2.47. The standard InChI is InChI=1S/C33H55N3O4S/c1-10-16-34(17-11-2)28(38)25-24-21-23(4)33(41-24)26(25)29(39)35(19-14-13-15-20-37)27(33)30(40)36(18-12-3)32(8,9)22-31(5,6)7/h10,12,23-27,37H,1,3,11,13-22H2,2,4-9H3/t23?,24-,25+,26-,27?,33?/m0/s1. The maximum Gasteiger partial charge on any atom is 0.247 e. The van der Waals surface area contributed by atoms with Crippen molar-refractivity contribution < 1.29 is 19.5 Å². The van der Waals surface area contributed by atoms with E-state index in [1.807, 2.05) is 14.7 Å². The highest BCUT2D eigenvalue weighted by atomic mass is 32.2. The molecule has 0 saturated carbocycles. The molecule has 6 atom stereocenters. The molecular formula is C33H55N3O4S. The Balaban J connectivity index is 2.10. The van der Waals surface area contributed by atoms with Crippen LogP contribution in [0, 0.1) is 23.2 Å². The van der Waals surface area contributed by atoms with Gasteiger partial charge in [-0.25, -0.2) is 0 Å². The van der Waals surface area contributed by atoms with Crippen molar-refractivity contribution in [3.05, 3.63) is 25.3 Å². The predicted molar refractivity (Wildman–Crippen MR) is 168 cm³/mol. The van der Waals surface area contributed by atoms with Crippen LogP contribution >= 0.6 is 11.8 Å². The van der Waals surface area contributed by atoms with Crippen molar-refractivity contribution >= 4 is 29.5 Å². The molecule has 0 aromatic carbocycles. The first-order valence-corrected chi connectivity index (χ1v) is 16.5. The van der Waals surface area contributed by atoms with E-state index in [1.54, 1.807) is 23.9 Å². The van der Waals surface area contributed by atoms with E-state index in [2.05, 4.69) is 61.6 Å². The third-order valence-corrected chi connectivity index (χ3v) is 11.3. The third-order valence-electron chi connectivity index (χ3n) is 9.25. The SMILES string of the molecule is C=CCN(CCC)C(=O)[C@@H]1[C@@H]2CC(C)C3(S2)C(C(=O)N(CC=C)C(C)(C)CC(C)(C)C)N(CCCCCO)C(=O)[C@H]13. The second-order valence-electron chi connectivity index (χ2n) is 14.2. The van der Waals surface area contributed by atoms with Gasteiger partial charge in [-0.05, 0) is 63.7 Å². The molecule has 3 rings (SSSR count). The summed E-state index contributed by atoms with van der Waals surface area (Å²) in [6, 6.07) is -0.629. The van der Waals surface area contributed by atoms with Crippen LogP contribution in [0.2, 0.25) is 0 Å². The molecule has 0 aliphatic carbocycles. The number of amides is 3. The zero-order chi connectivity index (χ0) is 30.8. The first-order valence-electron chi connectivity index (χ1n) is 15.6. The number of thioether (sulfide) groups is 1. The monoisotopic (exact) mass is 589 g/mol. The van der Waals surface area contributed by atoms with Gasteiger partial charge in [-0.3, -0.25) is 14.4 Å². The van der Waals surface area contributed by atoms with Crippen LogP contribution in [0.5, 0.6) is 0 Å². The molecule has 1 spiro atoms. The van der Waals surface area contributed by atoms with Crippen LogP contribution in [0.4, 0.5) is 0 Å². The van der Waals surface area contributed by atoms with Gasteiger partial charge in [0, 0.05) is 43.6 Å². The Hall–Kier alpha value is -1.80. The number of aliphatic hydroxyl groups is 1. The summed E-state index contributed by atoms with van der Waals surface area (Å²) >= 11 is 1.75. The number of hydrogen-bond donors (Lipinski definition) is 1. The molecule has 3 aliphatic heterocycles. The third kappa shape index (κ3) is 6.43. The fourth-order valence-electron chi connectivity index (χ4n) is 8.13. The quantitative estimate of drug-likeness (QED) is 0.211. The second kappa shape index (κ2) is 13.2. The zero-order valence-electron chi connectivity index (χ0n) is 26.7. The van der Waals surface area contributed by atoms with Gasteiger partial charge in [-0.1, -0.05) is 46.8 Å². The van der Waals surface area contributed by atoms with Crippen LogP contribution in [0.25, 0.3) is 0 Å². The number of likely N-dealkylation sites (tertiary alicyclic amines) is 1. The lowest BCUT2D eigenvalue weighted by molar-refractivity contribution is -0.147. The molecular weight excluding hydrogens is 534 g/mol. The predicted octanol–water partition coefficient (Wildman–Crippen LogP) is 5.14. The summed E-state index contributed by atoms with van der Waals surface area (Å²) < 4.78 is -0.639. The Morgan fingerprint density at radius 3 is 2.32 bits per heavy atom. The van der Waals surface area contributed by atoms with E-state index in [4.69, 9.17) is 0 Å². The molecule has 0 aromatic heterocycles. The topological polar surface area (TPSA) is 81.2 Å². The summed E-state index contributed by atoms with van der Waals surface area (Å²) in [4.78, 5) is 49.1. The van der Waals surface area contributed by atoms with Crippen molar-refractivity contribution in [2.75, 3.05) is 32.8 Å². The van der Waals surface area contributed by atoms with E-state index in [1.165, 1.54) is 0 Å². The Morgan fingerprint density at radius 1 is 1.10 bits per heavy atom. The van der Waals surface area contributed by atoms with E-state index in [0.717, 1.165) is 25.7 Å². The van der Waals surface area contributed by atoms with Crippen LogP contribution in [-0.4, -0.2) is 91.9 Å². The van der Waals surface area contributed by atoms with Crippen molar-refractivity contribution in [3.63, 3.8) is 0 Å². The summed E-state index contributed by atoms with van der Waals surface area (Å²) in [5, 5.41) is 9.37. The largest absolute Gasteiger partial charge is 0.396 e.